The molecule has 5 heteroatoms. The lowest BCUT2D eigenvalue weighted by atomic mass is 10.2. The molecule has 2 rings (SSSR count). The minimum absolute atomic E-state index is 0.272. The SMILES string of the molecule is CCCc1cc(NC(C)Cn2cccn2)ncn1. The largest absolute Gasteiger partial charge is 0.366 e. The molecule has 0 aliphatic rings. The minimum atomic E-state index is 0.272. The highest BCUT2D eigenvalue weighted by Gasteiger charge is 2.05. The van der Waals surface area contributed by atoms with Gasteiger partial charge >= 0.3 is 0 Å². The lowest BCUT2D eigenvalue weighted by Gasteiger charge is -2.14. The molecule has 2 aromatic rings. The molecule has 0 aliphatic heterocycles. The molecule has 0 spiro atoms. The Hall–Kier alpha value is -1.91. The Morgan fingerprint density at radius 3 is 3.00 bits per heavy atom. The Morgan fingerprint density at radius 1 is 1.39 bits per heavy atom. The molecule has 0 bridgehead atoms. The van der Waals surface area contributed by atoms with Gasteiger partial charge in [-0.2, -0.15) is 5.10 Å². The fourth-order valence-corrected chi connectivity index (χ4v) is 1.86. The maximum atomic E-state index is 4.24. The fourth-order valence-electron chi connectivity index (χ4n) is 1.86. The zero-order chi connectivity index (χ0) is 12.8. The molecule has 2 heterocycles. The molecule has 0 saturated carbocycles. The maximum Gasteiger partial charge on any atom is 0.129 e. The smallest absolute Gasteiger partial charge is 0.129 e. The summed E-state index contributed by atoms with van der Waals surface area (Å²) in [4.78, 5) is 8.48. The van der Waals surface area contributed by atoms with E-state index in [2.05, 4.69) is 34.2 Å². The molecule has 1 N–H and O–H groups in total. The van der Waals surface area contributed by atoms with E-state index in [0.717, 1.165) is 30.9 Å². The highest BCUT2D eigenvalue weighted by Crippen LogP contribution is 2.08. The van der Waals surface area contributed by atoms with Crippen molar-refractivity contribution in [2.45, 2.75) is 39.3 Å². The highest BCUT2D eigenvalue weighted by molar-refractivity contribution is 5.35. The molecule has 5 nitrogen and oxygen atoms in total. The van der Waals surface area contributed by atoms with Crippen LogP contribution in [0.1, 0.15) is 26.0 Å². The minimum Gasteiger partial charge on any atom is -0.366 e. The summed E-state index contributed by atoms with van der Waals surface area (Å²) in [6, 6.07) is 4.22. The van der Waals surface area contributed by atoms with Crippen LogP contribution in [0, 0.1) is 0 Å². The van der Waals surface area contributed by atoms with Crippen molar-refractivity contribution in [3.05, 3.63) is 36.5 Å². The second-order valence-corrected chi connectivity index (χ2v) is 4.42. The number of nitrogens with one attached hydrogen (secondary N) is 1. The van der Waals surface area contributed by atoms with Crippen molar-refractivity contribution in [1.82, 2.24) is 19.7 Å². The van der Waals surface area contributed by atoms with Gasteiger partial charge in [0.1, 0.15) is 12.1 Å². The van der Waals surface area contributed by atoms with Gasteiger partial charge in [-0.05, 0) is 19.4 Å². The van der Waals surface area contributed by atoms with E-state index in [9.17, 15) is 0 Å². The molecular weight excluding hydrogens is 226 g/mol. The maximum absolute atomic E-state index is 4.24. The van der Waals surface area contributed by atoms with Crippen LogP contribution in [0.5, 0.6) is 0 Å². The van der Waals surface area contributed by atoms with Crippen LogP contribution in [0.4, 0.5) is 5.82 Å². The van der Waals surface area contributed by atoms with Gasteiger partial charge in [-0.1, -0.05) is 13.3 Å². The summed E-state index contributed by atoms with van der Waals surface area (Å²) in [5, 5.41) is 7.56. The van der Waals surface area contributed by atoms with Crippen molar-refractivity contribution in [2.75, 3.05) is 5.32 Å². The van der Waals surface area contributed by atoms with Gasteiger partial charge in [0.15, 0.2) is 0 Å². The van der Waals surface area contributed by atoms with E-state index in [0.29, 0.717) is 0 Å². The van der Waals surface area contributed by atoms with Gasteiger partial charge in [-0.15, -0.1) is 0 Å². The molecule has 0 aliphatic carbocycles. The van der Waals surface area contributed by atoms with Crippen LogP contribution in [0.2, 0.25) is 0 Å². The summed E-state index contributed by atoms with van der Waals surface area (Å²) in [7, 11) is 0. The molecule has 0 radical (unpaired) electrons. The monoisotopic (exact) mass is 245 g/mol. The van der Waals surface area contributed by atoms with E-state index in [1.807, 2.05) is 23.0 Å². The van der Waals surface area contributed by atoms with Crippen molar-refractivity contribution in [3.63, 3.8) is 0 Å². The number of aromatic nitrogens is 4. The predicted octanol–water partition coefficient (Wildman–Crippen LogP) is 2.13. The van der Waals surface area contributed by atoms with Gasteiger partial charge < -0.3 is 5.32 Å². The van der Waals surface area contributed by atoms with Crippen molar-refractivity contribution in [1.29, 1.82) is 0 Å². The molecule has 0 saturated heterocycles. The summed E-state index contributed by atoms with van der Waals surface area (Å²) in [5.74, 6) is 0.883. The number of aryl methyl sites for hydroxylation is 1. The first-order valence-corrected chi connectivity index (χ1v) is 6.33. The van der Waals surface area contributed by atoms with Crippen molar-refractivity contribution in [2.24, 2.45) is 0 Å². The molecule has 1 atom stereocenters. The molecule has 18 heavy (non-hydrogen) atoms. The van der Waals surface area contributed by atoms with Crippen LogP contribution in [0.15, 0.2) is 30.9 Å². The van der Waals surface area contributed by atoms with E-state index >= 15 is 0 Å². The van der Waals surface area contributed by atoms with E-state index < -0.39 is 0 Å². The molecule has 2 aromatic heterocycles. The average Bonchev–Trinajstić information content (AvgIpc) is 2.82. The average molecular weight is 245 g/mol. The zero-order valence-corrected chi connectivity index (χ0v) is 10.9. The number of rotatable bonds is 6. The standard InChI is InChI=1S/C13H19N5/c1-3-5-12-8-13(15-10-14-12)17-11(2)9-18-7-4-6-16-18/h4,6-8,10-11H,3,5,9H2,1-2H3,(H,14,15,17). The molecule has 1 unspecified atom stereocenters. The van der Waals surface area contributed by atoms with Crippen molar-refractivity contribution in [3.8, 4) is 0 Å². The molecule has 0 amide bonds. The van der Waals surface area contributed by atoms with Crippen LogP contribution < -0.4 is 5.32 Å². The van der Waals surface area contributed by atoms with E-state index in [1.54, 1.807) is 12.5 Å². The first-order valence-electron chi connectivity index (χ1n) is 6.33. The number of hydrogen-bond acceptors (Lipinski definition) is 4. The first-order chi connectivity index (χ1) is 8.78. The summed E-state index contributed by atoms with van der Waals surface area (Å²) >= 11 is 0. The van der Waals surface area contributed by atoms with Gasteiger partial charge in [-0.3, -0.25) is 4.68 Å². The fraction of sp³-hybridized carbons (Fsp3) is 0.462. The summed E-state index contributed by atoms with van der Waals surface area (Å²) in [6.45, 7) is 5.08. The Morgan fingerprint density at radius 2 is 2.28 bits per heavy atom. The Balaban J connectivity index is 1.93. The first kappa shape index (κ1) is 12.5. The third kappa shape index (κ3) is 3.55. The third-order valence-electron chi connectivity index (χ3n) is 2.64. The molecule has 96 valence electrons. The van der Waals surface area contributed by atoms with E-state index in [4.69, 9.17) is 0 Å². The van der Waals surface area contributed by atoms with Crippen LogP contribution >= 0.6 is 0 Å². The topological polar surface area (TPSA) is 55.6 Å². The third-order valence-corrected chi connectivity index (χ3v) is 2.64. The van der Waals surface area contributed by atoms with Crippen molar-refractivity contribution >= 4 is 5.82 Å². The summed E-state index contributed by atoms with van der Waals surface area (Å²) in [5.41, 5.74) is 1.08. The van der Waals surface area contributed by atoms with E-state index in [-0.39, 0.29) is 6.04 Å². The lowest BCUT2D eigenvalue weighted by molar-refractivity contribution is 0.559. The molecular formula is C13H19N5. The number of hydrogen-bond donors (Lipinski definition) is 1. The van der Waals surface area contributed by atoms with Crippen LogP contribution in [-0.4, -0.2) is 25.8 Å². The van der Waals surface area contributed by atoms with Crippen LogP contribution in [-0.2, 0) is 13.0 Å². The second-order valence-electron chi connectivity index (χ2n) is 4.42. The van der Waals surface area contributed by atoms with Crippen LogP contribution in [0.25, 0.3) is 0 Å². The van der Waals surface area contributed by atoms with E-state index in [1.165, 1.54) is 0 Å². The molecule has 0 aromatic carbocycles. The predicted molar refractivity (Wildman–Crippen MR) is 71.3 cm³/mol. The highest BCUT2D eigenvalue weighted by atomic mass is 15.3. The summed E-state index contributed by atoms with van der Waals surface area (Å²) < 4.78 is 1.91. The second kappa shape index (κ2) is 6.14. The Bertz CT molecular complexity index is 466. The normalized spacial score (nSPS) is 12.3. The Labute approximate surface area is 107 Å². The number of nitrogens with zero attached hydrogens (tertiary/aromatic N) is 4. The van der Waals surface area contributed by atoms with Gasteiger partial charge in [0, 0.05) is 30.2 Å². The van der Waals surface area contributed by atoms with Crippen LogP contribution in [0.3, 0.4) is 0 Å². The molecule has 0 fully saturated rings. The van der Waals surface area contributed by atoms with Gasteiger partial charge in [0.2, 0.25) is 0 Å². The zero-order valence-electron chi connectivity index (χ0n) is 10.9. The Kier molecular flexibility index (Phi) is 4.28. The van der Waals surface area contributed by atoms with Gasteiger partial charge in [-0.25, -0.2) is 9.97 Å². The summed E-state index contributed by atoms with van der Waals surface area (Å²) in [6.07, 6.45) is 7.45. The van der Waals surface area contributed by atoms with Gasteiger partial charge in [0.25, 0.3) is 0 Å². The quantitative estimate of drug-likeness (QED) is 0.847. The number of anilines is 1. The van der Waals surface area contributed by atoms with Crippen molar-refractivity contribution < 1.29 is 0 Å². The lowest BCUT2D eigenvalue weighted by Crippen LogP contribution is -2.22. The van der Waals surface area contributed by atoms with Gasteiger partial charge in [0.05, 0.1) is 6.54 Å².